The van der Waals surface area contributed by atoms with E-state index >= 15 is 0 Å². The lowest BCUT2D eigenvalue weighted by atomic mass is 10.00. The van der Waals surface area contributed by atoms with Crippen LogP contribution in [0.4, 0.5) is 4.39 Å². The molecule has 2 amide bonds. The molecule has 168 valence electrons. The highest BCUT2D eigenvalue weighted by Gasteiger charge is 2.33. The summed E-state index contributed by atoms with van der Waals surface area (Å²) in [6, 6.07) is 7.72. The van der Waals surface area contributed by atoms with E-state index in [0.29, 0.717) is 25.3 Å². The molecule has 0 N–H and O–H groups in total. The quantitative estimate of drug-likeness (QED) is 0.562. The number of fused-ring (bicyclic) bond motifs is 1. The van der Waals surface area contributed by atoms with Gasteiger partial charge in [-0.15, -0.1) is 11.3 Å². The first-order valence-electron chi connectivity index (χ1n) is 10.9. The van der Waals surface area contributed by atoms with Crippen LogP contribution in [0.1, 0.15) is 50.1 Å². The molecule has 1 aromatic heterocycles. The Labute approximate surface area is 187 Å². The van der Waals surface area contributed by atoms with E-state index in [4.69, 9.17) is 4.74 Å². The van der Waals surface area contributed by atoms with Gasteiger partial charge >= 0.3 is 0 Å². The molecule has 0 aliphatic carbocycles. The average molecular weight is 447 g/mol. The molecule has 0 radical (unpaired) electrons. The largest absolute Gasteiger partial charge is 0.491 e. The van der Waals surface area contributed by atoms with E-state index in [1.54, 1.807) is 28.4 Å². The van der Waals surface area contributed by atoms with Crippen molar-refractivity contribution in [2.45, 2.75) is 46.1 Å². The van der Waals surface area contributed by atoms with E-state index in [2.05, 4.69) is 0 Å². The Kier molecular flexibility index (Phi) is 8.07. The molecule has 2 heterocycles. The first-order valence-corrected chi connectivity index (χ1v) is 11.8. The highest BCUT2D eigenvalue weighted by molar-refractivity contribution is 7.10. The number of benzene rings is 1. The number of rotatable bonds is 9. The minimum atomic E-state index is -0.316. The maximum absolute atomic E-state index is 13.3. The molecule has 7 heteroatoms. The second-order valence-corrected chi connectivity index (χ2v) is 9.33. The van der Waals surface area contributed by atoms with Crippen molar-refractivity contribution in [3.05, 3.63) is 52.0 Å². The summed E-state index contributed by atoms with van der Waals surface area (Å²) in [5, 5.41) is 2.04. The molecule has 1 aliphatic rings. The van der Waals surface area contributed by atoms with Crippen LogP contribution in [0.15, 0.2) is 35.7 Å². The maximum atomic E-state index is 13.3. The van der Waals surface area contributed by atoms with Gasteiger partial charge in [0.2, 0.25) is 11.8 Å². The van der Waals surface area contributed by atoms with Crippen molar-refractivity contribution >= 4 is 23.2 Å². The monoisotopic (exact) mass is 446 g/mol. The van der Waals surface area contributed by atoms with Gasteiger partial charge in [0.1, 0.15) is 18.2 Å². The molecular formula is C24H31FN2O3S. The lowest BCUT2D eigenvalue weighted by molar-refractivity contribution is -0.143. The summed E-state index contributed by atoms with van der Waals surface area (Å²) in [5.41, 5.74) is 1.10. The standard InChI is InChI=1S/C24H31FN2O3S/c1-4-11-26(23(28)14-17(2)3)15-24(29)27-12-9-22-20(10-13-31-22)21(27)16-30-19-7-5-18(25)6-8-19/h5-8,10,13,17,21H,4,9,11-12,14-16H2,1-3H3. The van der Waals surface area contributed by atoms with Gasteiger partial charge in [0.05, 0.1) is 12.6 Å². The first-order chi connectivity index (χ1) is 14.9. The summed E-state index contributed by atoms with van der Waals surface area (Å²) < 4.78 is 19.1. The van der Waals surface area contributed by atoms with Crippen molar-refractivity contribution in [1.29, 1.82) is 0 Å². The van der Waals surface area contributed by atoms with Crippen molar-refractivity contribution < 1.29 is 18.7 Å². The topological polar surface area (TPSA) is 49.9 Å². The zero-order chi connectivity index (χ0) is 22.4. The van der Waals surface area contributed by atoms with Gasteiger partial charge in [-0.3, -0.25) is 9.59 Å². The number of carbonyl (C=O) groups excluding carboxylic acids is 2. The van der Waals surface area contributed by atoms with Gasteiger partial charge in [0, 0.05) is 24.4 Å². The lowest BCUT2D eigenvalue weighted by Crippen LogP contribution is -2.48. The summed E-state index contributed by atoms with van der Waals surface area (Å²) in [6.07, 6.45) is 2.06. The van der Waals surface area contributed by atoms with Gasteiger partial charge in [-0.1, -0.05) is 20.8 Å². The SMILES string of the molecule is CCCN(CC(=O)N1CCc2sccc2C1COc1ccc(F)cc1)C(=O)CC(C)C. The van der Waals surface area contributed by atoms with E-state index in [1.807, 2.05) is 37.1 Å². The van der Waals surface area contributed by atoms with Crippen LogP contribution in [0, 0.1) is 11.7 Å². The average Bonchev–Trinajstić information content (AvgIpc) is 3.21. The van der Waals surface area contributed by atoms with Gasteiger partial charge in [0.15, 0.2) is 0 Å². The van der Waals surface area contributed by atoms with Crippen LogP contribution in [0.25, 0.3) is 0 Å². The number of hydrogen-bond donors (Lipinski definition) is 0. The van der Waals surface area contributed by atoms with Crippen LogP contribution in [-0.2, 0) is 16.0 Å². The number of amides is 2. The minimum Gasteiger partial charge on any atom is -0.491 e. The predicted octanol–water partition coefficient (Wildman–Crippen LogP) is 4.68. The molecule has 3 rings (SSSR count). The van der Waals surface area contributed by atoms with Crippen molar-refractivity contribution in [3.8, 4) is 5.75 Å². The Morgan fingerprint density at radius 3 is 2.68 bits per heavy atom. The normalized spacial score (nSPS) is 15.6. The number of hydrogen-bond acceptors (Lipinski definition) is 4. The summed E-state index contributed by atoms with van der Waals surface area (Å²) in [5.74, 6) is 0.467. The van der Waals surface area contributed by atoms with Gasteiger partial charge < -0.3 is 14.5 Å². The van der Waals surface area contributed by atoms with Crippen LogP contribution in [0.5, 0.6) is 5.75 Å². The van der Waals surface area contributed by atoms with E-state index in [1.165, 1.54) is 17.0 Å². The molecule has 0 spiro atoms. The first kappa shape index (κ1) is 23.3. The molecule has 1 atom stereocenters. The molecule has 0 fully saturated rings. The summed E-state index contributed by atoms with van der Waals surface area (Å²) >= 11 is 1.69. The summed E-state index contributed by atoms with van der Waals surface area (Å²) in [7, 11) is 0. The molecule has 2 aromatic rings. The van der Waals surface area contributed by atoms with E-state index < -0.39 is 0 Å². The number of thiophene rings is 1. The minimum absolute atomic E-state index is 0.0255. The predicted molar refractivity (Wildman–Crippen MR) is 121 cm³/mol. The zero-order valence-electron chi connectivity index (χ0n) is 18.5. The van der Waals surface area contributed by atoms with Gasteiger partial charge in [-0.25, -0.2) is 4.39 Å². The van der Waals surface area contributed by atoms with Gasteiger partial charge in [-0.2, -0.15) is 0 Å². The number of nitrogens with zero attached hydrogens (tertiary/aromatic N) is 2. The lowest BCUT2D eigenvalue weighted by Gasteiger charge is -2.37. The van der Waals surface area contributed by atoms with Crippen molar-refractivity contribution in [3.63, 3.8) is 0 Å². The summed E-state index contributed by atoms with van der Waals surface area (Å²) in [4.78, 5) is 30.7. The van der Waals surface area contributed by atoms with Crippen LogP contribution >= 0.6 is 11.3 Å². The Morgan fingerprint density at radius 1 is 1.26 bits per heavy atom. The molecular weight excluding hydrogens is 415 g/mol. The van der Waals surface area contributed by atoms with E-state index in [0.717, 1.165) is 18.4 Å². The fourth-order valence-electron chi connectivity index (χ4n) is 3.87. The molecule has 1 unspecified atom stereocenters. The smallest absolute Gasteiger partial charge is 0.242 e. The number of carbonyl (C=O) groups is 2. The zero-order valence-corrected chi connectivity index (χ0v) is 19.3. The fourth-order valence-corrected chi connectivity index (χ4v) is 4.80. The Hall–Kier alpha value is -2.41. The molecule has 5 nitrogen and oxygen atoms in total. The van der Waals surface area contributed by atoms with Gasteiger partial charge in [0.25, 0.3) is 0 Å². The number of ether oxygens (including phenoxy) is 1. The third-order valence-electron chi connectivity index (χ3n) is 5.39. The van der Waals surface area contributed by atoms with E-state index in [9.17, 15) is 14.0 Å². The highest BCUT2D eigenvalue weighted by Crippen LogP contribution is 2.34. The second-order valence-electron chi connectivity index (χ2n) is 8.33. The molecule has 31 heavy (non-hydrogen) atoms. The van der Waals surface area contributed by atoms with E-state index in [-0.39, 0.29) is 42.7 Å². The Bertz CT molecular complexity index is 881. The third-order valence-corrected chi connectivity index (χ3v) is 6.39. The molecule has 0 bridgehead atoms. The third kappa shape index (κ3) is 6.06. The molecule has 0 saturated carbocycles. The van der Waals surface area contributed by atoms with Crippen LogP contribution in [0.3, 0.4) is 0 Å². The van der Waals surface area contributed by atoms with Crippen LogP contribution in [-0.4, -0.2) is 47.9 Å². The molecule has 1 aliphatic heterocycles. The van der Waals surface area contributed by atoms with Crippen molar-refractivity contribution in [1.82, 2.24) is 9.80 Å². The fraction of sp³-hybridized carbons (Fsp3) is 0.500. The molecule has 1 aromatic carbocycles. The molecule has 0 saturated heterocycles. The summed E-state index contributed by atoms with van der Waals surface area (Å²) in [6.45, 7) is 7.58. The Morgan fingerprint density at radius 2 is 2.00 bits per heavy atom. The number of halogens is 1. The highest BCUT2D eigenvalue weighted by atomic mass is 32.1. The Balaban J connectivity index is 1.74. The van der Waals surface area contributed by atoms with Crippen LogP contribution in [0.2, 0.25) is 0 Å². The second kappa shape index (κ2) is 10.8. The maximum Gasteiger partial charge on any atom is 0.242 e. The van der Waals surface area contributed by atoms with Crippen molar-refractivity contribution in [2.24, 2.45) is 5.92 Å². The van der Waals surface area contributed by atoms with Gasteiger partial charge in [-0.05, 0) is 60.0 Å². The van der Waals surface area contributed by atoms with Crippen LogP contribution < -0.4 is 4.74 Å². The van der Waals surface area contributed by atoms with Crippen molar-refractivity contribution in [2.75, 3.05) is 26.2 Å².